The molecule has 3 N–H and O–H groups in total. The minimum atomic E-state index is -4.71. The van der Waals surface area contributed by atoms with Crippen LogP contribution in [-0.2, 0) is 12.7 Å². The summed E-state index contributed by atoms with van der Waals surface area (Å²) in [6, 6.07) is 9.27. The largest absolute Gasteiger partial charge is 0.433 e. The first-order chi connectivity index (χ1) is 15.6. The molecule has 0 saturated heterocycles. The normalized spacial score (nSPS) is 11.7. The van der Waals surface area contributed by atoms with Gasteiger partial charge in [-0.05, 0) is 37.1 Å². The Morgan fingerprint density at radius 2 is 1.88 bits per heavy atom. The van der Waals surface area contributed by atoms with Crippen LogP contribution in [0.1, 0.15) is 38.3 Å². The molecule has 2 amide bonds. The molecule has 4 aromatic rings. The number of pyridine rings is 1. The molecule has 4 rings (SSSR count). The molecular weight excluding hydrogens is 455 g/mol. The average molecular weight is 473 g/mol. The maximum Gasteiger partial charge on any atom is 0.433 e. The van der Waals surface area contributed by atoms with Crippen molar-refractivity contribution < 1.29 is 22.8 Å². The van der Waals surface area contributed by atoms with Crippen molar-refractivity contribution in [3.63, 3.8) is 0 Å². The van der Waals surface area contributed by atoms with Gasteiger partial charge in [0.2, 0.25) is 0 Å². The van der Waals surface area contributed by atoms with Gasteiger partial charge in [0.25, 0.3) is 11.8 Å². The lowest BCUT2D eigenvalue weighted by molar-refractivity contribution is -0.140. The van der Waals surface area contributed by atoms with Crippen LogP contribution in [0.25, 0.3) is 21.3 Å². The third kappa shape index (κ3) is 4.19. The van der Waals surface area contributed by atoms with Gasteiger partial charge in [-0.15, -0.1) is 11.3 Å². The third-order valence-corrected chi connectivity index (χ3v) is 6.12. The first kappa shape index (κ1) is 22.5. The van der Waals surface area contributed by atoms with E-state index in [1.807, 2.05) is 6.92 Å². The summed E-state index contributed by atoms with van der Waals surface area (Å²) in [6.07, 6.45) is -3.25. The fourth-order valence-corrected chi connectivity index (χ4v) is 4.46. The SMILES string of the molecule is CCn1nccc1C(=O)Nc1c(C(N)=O)sc2nc(C(F)(F)F)cc(-c3ccc(C)cc3)c12. The molecule has 3 heterocycles. The van der Waals surface area contributed by atoms with Gasteiger partial charge in [-0.1, -0.05) is 29.8 Å². The molecule has 0 radical (unpaired) electrons. The summed E-state index contributed by atoms with van der Waals surface area (Å²) >= 11 is 0.701. The smallest absolute Gasteiger partial charge is 0.365 e. The molecule has 33 heavy (non-hydrogen) atoms. The third-order valence-electron chi connectivity index (χ3n) is 5.03. The predicted octanol–water partition coefficient (Wildman–Crippen LogP) is 4.86. The molecule has 3 aromatic heterocycles. The second-order valence-corrected chi connectivity index (χ2v) is 8.25. The number of rotatable bonds is 5. The Bertz CT molecular complexity index is 1370. The quantitative estimate of drug-likeness (QED) is 0.432. The van der Waals surface area contributed by atoms with Crippen LogP contribution in [0.3, 0.4) is 0 Å². The number of alkyl halides is 3. The fraction of sp³-hybridized carbons (Fsp3) is 0.182. The summed E-state index contributed by atoms with van der Waals surface area (Å²) in [6.45, 7) is 4.08. The maximum atomic E-state index is 13.6. The van der Waals surface area contributed by atoms with Crippen LogP contribution in [0, 0.1) is 6.92 Å². The Morgan fingerprint density at radius 3 is 2.48 bits per heavy atom. The Balaban J connectivity index is 1.98. The van der Waals surface area contributed by atoms with Gasteiger partial charge in [-0.2, -0.15) is 18.3 Å². The van der Waals surface area contributed by atoms with E-state index in [0.717, 1.165) is 11.6 Å². The Labute approximate surface area is 190 Å². The maximum absolute atomic E-state index is 13.6. The second-order valence-electron chi connectivity index (χ2n) is 7.26. The molecule has 170 valence electrons. The number of amides is 2. The van der Waals surface area contributed by atoms with Crippen molar-refractivity contribution in [3.05, 3.63) is 64.4 Å². The Hall–Kier alpha value is -3.73. The topological polar surface area (TPSA) is 103 Å². The minimum absolute atomic E-state index is 0.0214. The first-order valence-corrected chi connectivity index (χ1v) is 10.7. The predicted molar refractivity (Wildman–Crippen MR) is 119 cm³/mol. The number of aromatic nitrogens is 3. The highest BCUT2D eigenvalue weighted by atomic mass is 32.1. The van der Waals surface area contributed by atoms with Gasteiger partial charge in [0.15, 0.2) is 0 Å². The summed E-state index contributed by atoms with van der Waals surface area (Å²) in [5.74, 6) is -1.47. The van der Waals surface area contributed by atoms with Crippen molar-refractivity contribution >= 4 is 39.1 Å². The molecular formula is C22H18F3N5O2S. The van der Waals surface area contributed by atoms with Gasteiger partial charge < -0.3 is 11.1 Å². The lowest BCUT2D eigenvalue weighted by Crippen LogP contribution is -2.20. The highest BCUT2D eigenvalue weighted by Crippen LogP contribution is 2.43. The van der Waals surface area contributed by atoms with Crippen LogP contribution in [0.2, 0.25) is 0 Å². The molecule has 0 aliphatic heterocycles. The van der Waals surface area contributed by atoms with E-state index in [1.54, 1.807) is 31.2 Å². The van der Waals surface area contributed by atoms with E-state index >= 15 is 0 Å². The number of nitrogens with one attached hydrogen (secondary N) is 1. The van der Waals surface area contributed by atoms with E-state index in [9.17, 15) is 22.8 Å². The van der Waals surface area contributed by atoms with E-state index in [-0.39, 0.29) is 32.0 Å². The Kier molecular flexibility index (Phi) is 5.66. The highest BCUT2D eigenvalue weighted by Gasteiger charge is 2.35. The van der Waals surface area contributed by atoms with E-state index in [4.69, 9.17) is 5.73 Å². The summed E-state index contributed by atoms with van der Waals surface area (Å²) in [5, 5.41) is 6.92. The molecule has 0 unspecified atom stereocenters. The number of carbonyl (C=O) groups excluding carboxylic acids is 2. The zero-order valence-electron chi connectivity index (χ0n) is 17.5. The number of fused-ring (bicyclic) bond motifs is 1. The molecule has 11 heteroatoms. The molecule has 0 atom stereocenters. The van der Waals surface area contributed by atoms with Crippen molar-refractivity contribution in [2.75, 3.05) is 5.32 Å². The van der Waals surface area contributed by atoms with Crippen LogP contribution in [-0.4, -0.2) is 26.6 Å². The average Bonchev–Trinajstić information content (AvgIpc) is 3.38. The molecule has 0 saturated carbocycles. The van der Waals surface area contributed by atoms with Crippen molar-refractivity contribution in [2.45, 2.75) is 26.6 Å². The number of halogens is 3. The number of benzene rings is 1. The number of nitrogens with zero attached hydrogens (tertiary/aromatic N) is 3. The highest BCUT2D eigenvalue weighted by molar-refractivity contribution is 7.21. The van der Waals surface area contributed by atoms with E-state index in [1.165, 1.54) is 16.9 Å². The van der Waals surface area contributed by atoms with Crippen molar-refractivity contribution in [1.29, 1.82) is 0 Å². The zero-order valence-corrected chi connectivity index (χ0v) is 18.3. The number of carbonyl (C=O) groups is 2. The summed E-state index contributed by atoms with van der Waals surface area (Å²) in [7, 11) is 0. The molecule has 1 aromatic carbocycles. The molecule has 0 aliphatic rings. The number of aryl methyl sites for hydroxylation is 2. The number of nitrogens with two attached hydrogens (primary N) is 1. The lowest BCUT2D eigenvalue weighted by atomic mass is 10.00. The van der Waals surface area contributed by atoms with Crippen LogP contribution in [0.5, 0.6) is 0 Å². The van der Waals surface area contributed by atoms with Crippen LogP contribution < -0.4 is 11.1 Å². The minimum Gasteiger partial charge on any atom is -0.365 e. The van der Waals surface area contributed by atoms with Crippen LogP contribution in [0.15, 0.2) is 42.6 Å². The van der Waals surface area contributed by atoms with Crippen LogP contribution >= 0.6 is 11.3 Å². The van der Waals surface area contributed by atoms with Gasteiger partial charge in [0, 0.05) is 18.1 Å². The number of primary amides is 1. The van der Waals surface area contributed by atoms with Crippen molar-refractivity contribution in [2.24, 2.45) is 5.73 Å². The number of hydrogen-bond donors (Lipinski definition) is 2. The summed E-state index contributed by atoms with van der Waals surface area (Å²) in [5.41, 5.74) is 6.23. The number of hydrogen-bond acceptors (Lipinski definition) is 5. The summed E-state index contributed by atoms with van der Waals surface area (Å²) in [4.78, 5) is 28.7. The lowest BCUT2D eigenvalue weighted by Gasteiger charge is -2.13. The van der Waals surface area contributed by atoms with Crippen molar-refractivity contribution in [1.82, 2.24) is 14.8 Å². The Morgan fingerprint density at radius 1 is 1.18 bits per heavy atom. The van der Waals surface area contributed by atoms with Gasteiger partial charge >= 0.3 is 6.18 Å². The zero-order chi connectivity index (χ0) is 23.9. The van der Waals surface area contributed by atoms with Gasteiger partial charge in [-0.3, -0.25) is 14.3 Å². The fourth-order valence-electron chi connectivity index (χ4n) is 3.45. The standard InChI is InChI=1S/C22H18F3N5O2S/c1-3-30-14(8-9-27-30)20(32)29-17-16-13(12-6-4-11(2)5-7-12)10-15(22(23,24)25)28-21(16)33-18(17)19(26)31/h4-10H,3H2,1-2H3,(H2,26,31)(H,29,32). The van der Waals surface area contributed by atoms with E-state index in [0.29, 0.717) is 23.4 Å². The van der Waals surface area contributed by atoms with Gasteiger partial charge in [0.1, 0.15) is 21.1 Å². The van der Waals surface area contributed by atoms with Crippen LogP contribution in [0.4, 0.5) is 18.9 Å². The number of anilines is 1. The van der Waals surface area contributed by atoms with Gasteiger partial charge in [0.05, 0.1) is 5.69 Å². The molecule has 0 spiro atoms. The van der Waals surface area contributed by atoms with Crippen molar-refractivity contribution in [3.8, 4) is 11.1 Å². The summed E-state index contributed by atoms with van der Waals surface area (Å²) < 4.78 is 42.2. The molecule has 0 aliphatic carbocycles. The van der Waals surface area contributed by atoms with E-state index < -0.39 is 23.7 Å². The number of thiophene rings is 1. The first-order valence-electron chi connectivity index (χ1n) is 9.85. The second kappa shape index (κ2) is 8.32. The van der Waals surface area contributed by atoms with E-state index in [2.05, 4.69) is 15.4 Å². The molecule has 0 bridgehead atoms. The monoisotopic (exact) mass is 473 g/mol. The molecule has 7 nitrogen and oxygen atoms in total. The molecule has 0 fully saturated rings. The van der Waals surface area contributed by atoms with Gasteiger partial charge in [-0.25, -0.2) is 4.98 Å².